The number of hydrogen-bond donors (Lipinski definition) is 2. The Morgan fingerprint density at radius 3 is 2.48 bits per heavy atom. The van der Waals surface area contributed by atoms with Gasteiger partial charge in [0.15, 0.2) is 0 Å². The molecule has 1 unspecified atom stereocenters. The SMILES string of the molecule is O=C([O-])C1CCCN1S(=O)(=O)c1ccc2[nH]c(=O)c(=O)[nH]c2c1. The predicted molar refractivity (Wildman–Crippen MR) is 77.1 cm³/mol. The number of aliphatic carboxylic acids is 1. The lowest BCUT2D eigenvalue weighted by Gasteiger charge is -2.24. The third-order valence-electron chi connectivity index (χ3n) is 3.78. The van der Waals surface area contributed by atoms with Crippen LogP contribution < -0.4 is 16.2 Å². The highest BCUT2D eigenvalue weighted by Crippen LogP contribution is 2.26. The smallest absolute Gasteiger partial charge is 0.314 e. The molecule has 1 aromatic carbocycles. The molecule has 2 aromatic rings. The minimum Gasteiger partial charge on any atom is -0.548 e. The van der Waals surface area contributed by atoms with Gasteiger partial charge in [-0.1, -0.05) is 0 Å². The van der Waals surface area contributed by atoms with Gasteiger partial charge < -0.3 is 19.9 Å². The van der Waals surface area contributed by atoms with E-state index in [0.29, 0.717) is 6.42 Å². The molecular formula is C13H12N3O6S-. The van der Waals surface area contributed by atoms with Crippen molar-refractivity contribution in [3.8, 4) is 0 Å². The average molecular weight is 338 g/mol. The molecule has 122 valence electrons. The lowest BCUT2D eigenvalue weighted by Crippen LogP contribution is -2.46. The van der Waals surface area contributed by atoms with Crippen LogP contribution in [0.1, 0.15) is 12.8 Å². The van der Waals surface area contributed by atoms with Gasteiger partial charge in [-0.15, -0.1) is 0 Å². The first kappa shape index (κ1) is 15.4. The number of benzene rings is 1. The van der Waals surface area contributed by atoms with Gasteiger partial charge in [0.2, 0.25) is 10.0 Å². The second kappa shape index (κ2) is 5.32. The first-order chi connectivity index (χ1) is 10.8. The molecule has 0 spiro atoms. The average Bonchev–Trinajstić information content (AvgIpc) is 2.98. The van der Waals surface area contributed by atoms with Gasteiger partial charge in [-0.05, 0) is 31.0 Å². The molecule has 1 fully saturated rings. The third kappa shape index (κ3) is 2.55. The lowest BCUT2D eigenvalue weighted by molar-refractivity contribution is -0.309. The monoisotopic (exact) mass is 338 g/mol. The number of sulfonamides is 1. The van der Waals surface area contributed by atoms with Crippen LogP contribution in [0.15, 0.2) is 32.7 Å². The number of aromatic nitrogens is 2. The summed E-state index contributed by atoms with van der Waals surface area (Å²) in [6, 6.07) is 2.57. The molecule has 23 heavy (non-hydrogen) atoms. The zero-order valence-electron chi connectivity index (χ0n) is 11.7. The molecule has 0 aliphatic carbocycles. The molecular weight excluding hydrogens is 326 g/mol. The molecule has 2 heterocycles. The van der Waals surface area contributed by atoms with E-state index >= 15 is 0 Å². The summed E-state index contributed by atoms with van der Waals surface area (Å²) < 4.78 is 26.1. The Morgan fingerprint density at radius 2 is 1.83 bits per heavy atom. The van der Waals surface area contributed by atoms with Crippen molar-refractivity contribution in [2.45, 2.75) is 23.8 Å². The molecule has 0 bridgehead atoms. The van der Waals surface area contributed by atoms with E-state index in [4.69, 9.17) is 0 Å². The van der Waals surface area contributed by atoms with Gasteiger partial charge in [0.05, 0.1) is 27.9 Å². The summed E-state index contributed by atoms with van der Waals surface area (Å²) in [4.78, 5) is 38.1. The number of rotatable bonds is 3. The fourth-order valence-electron chi connectivity index (χ4n) is 2.65. The molecule has 1 saturated heterocycles. The largest absolute Gasteiger partial charge is 0.548 e. The Balaban J connectivity index is 2.11. The Kier molecular flexibility index (Phi) is 3.57. The molecule has 9 nitrogen and oxygen atoms in total. The topological polar surface area (TPSA) is 143 Å². The van der Waals surface area contributed by atoms with E-state index in [9.17, 15) is 27.9 Å². The van der Waals surface area contributed by atoms with Crippen LogP contribution in [0.5, 0.6) is 0 Å². The van der Waals surface area contributed by atoms with Crippen LogP contribution in [0.3, 0.4) is 0 Å². The summed E-state index contributed by atoms with van der Waals surface area (Å²) in [6.07, 6.45) is 0.620. The molecule has 0 saturated carbocycles. The van der Waals surface area contributed by atoms with E-state index in [-0.39, 0.29) is 28.9 Å². The first-order valence-corrected chi connectivity index (χ1v) is 8.24. The number of carboxylic acids is 1. The van der Waals surface area contributed by atoms with Gasteiger partial charge in [-0.2, -0.15) is 4.31 Å². The molecule has 1 aromatic heterocycles. The molecule has 0 amide bonds. The van der Waals surface area contributed by atoms with Gasteiger partial charge in [-0.25, -0.2) is 8.42 Å². The van der Waals surface area contributed by atoms with Crippen molar-refractivity contribution in [2.75, 3.05) is 6.54 Å². The highest BCUT2D eigenvalue weighted by atomic mass is 32.2. The molecule has 10 heteroatoms. The van der Waals surface area contributed by atoms with E-state index in [0.717, 1.165) is 4.31 Å². The van der Waals surface area contributed by atoms with E-state index in [1.165, 1.54) is 18.2 Å². The highest BCUT2D eigenvalue weighted by Gasteiger charge is 2.36. The normalized spacial score (nSPS) is 19.2. The van der Waals surface area contributed by atoms with Crippen LogP contribution in [0.25, 0.3) is 11.0 Å². The number of carbonyl (C=O) groups is 1. The van der Waals surface area contributed by atoms with Crippen LogP contribution in [0.4, 0.5) is 0 Å². The highest BCUT2D eigenvalue weighted by molar-refractivity contribution is 7.89. The van der Waals surface area contributed by atoms with E-state index in [2.05, 4.69) is 9.97 Å². The van der Waals surface area contributed by atoms with Crippen molar-refractivity contribution < 1.29 is 18.3 Å². The maximum absolute atomic E-state index is 12.6. The number of carboxylic acid groups (broad SMARTS) is 1. The number of fused-ring (bicyclic) bond motifs is 1. The van der Waals surface area contributed by atoms with Crippen molar-refractivity contribution in [3.63, 3.8) is 0 Å². The van der Waals surface area contributed by atoms with Crippen molar-refractivity contribution in [1.29, 1.82) is 0 Å². The number of nitrogens with one attached hydrogen (secondary N) is 2. The molecule has 2 N–H and O–H groups in total. The van der Waals surface area contributed by atoms with Crippen molar-refractivity contribution >= 4 is 27.0 Å². The van der Waals surface area contributed by atoms with Crippen LogP contribution in [-0.2, 0) is 14.8 Å². The molecule has 3 rings (SSSR count). The summed E-state index contributed by atoms with van der Waals surface area (Å²) in [5.74, 6) is -1.44. The molecule has 1 aliphatic heterocycles. The van der Waals surface area contributed by atoms with E-state index in [1.807, 2.05) is 0 Å². The predicted octanol–water partition coefficient (Wildman–Crippen LogP) is -1.88. The maximum Gasteiger partial charge on any atom is 0.314 e. The van der Waals surface area contributed by atoms with Crippen LogP contribution >= 0.6 is 0 Å². The number of H-pyrrole nitrogens is 2. The van der Waals surface area contributed by atoms with Gasteiger partial charge in [0, 0.05) is 6.54 Å². The zero-order valence-corrected chi connectivity index (χ0v) is 12.6. The maximum atomic E-state index is 12.6. The summed E-state index contributed by atoms with van der Waals surface area (Å²) in [6.45, 7) is 0.0845. The van der Waals surface area contributed by atoms with Gasteiger partial charge in [0.25, 0.3) is 0 Å². The second-order valence-corrected chi connectivity index (χ2v) is 7.10. The molecule has 1 atom stereocenters. The Bertz CT molecular complexity index is 1010. The van der Waals surface area contributed by atoms with E-state index in [1.54, 1.807) is 0 Å². The van der Waals surface area contributed by atoms with Gasteiger partial charge in [0.1, 0.15) is 0 Å². The first-order valence-electron chi connectivity index (χ1n) is 6.80. The van der Waals surface area contributed by atoms with Crippen LogP contribution in [-0.4, -0.2) is 41.2 Å². The fourth-order valence-corrected chi connectivity index (χ4v) is 4.33. The molecule has 1 aliphatic rings. The lowest BCUT2D eigenvalue weighted by atomic mass is 10.2. The third-order valence-corrected chi connectivity index (χ3v) is 5.68. The summed E-state index contributed by atoms with van der Waals surface area (Å²) in [7, 11) is -4.05. The summed E-state index contributed by atoms with van der Waals surface area (Å²) in [5.41, 5.74) is -1.34. The van der Waals surface area contributed by atoms with Crippen molar-refractivity contribution in [2.24, 2.45) is 0 Å². The summed E-state index contributed by atoms with van der Waals surface area (Å²) >= 11 is 0. The quantitative estimate of drug-likeness (QED) is 0.627. The Morgan fingerprint density at radius 1 is 1.17 bits per heavy atom. The minimum absolute atomic E-state index is 0.0845. The molecule has 0 radical (unpaired) electrons. The van der Waals surface area contributed by atoms with Crippen LogP contribution in [0, 0.1) is 0 Å². The second-order valence-electron chi connectivity index (χ2n) is 5.21. The fraction of sp³-hybridized carbons (Fsp3) is 0.308. The number of nitrogens with zero attached hydrogens (tertiary/aromatic N) is 1. The number of carbonyl (C=O) groups excluding carboxylic acids is 1. The Labute approximate surface area is 129 Å². The Hall–Kier alpha value is -2.46. The standard InChI is InChI=1S/C13H13N3O6S/c17-11-12(18)15-9-6-7(3-4-8(9)14-11)23(21,22)16-5-1-2-10(16)13(19)20/h3-4,6,10H,1-2,5H2,(H,14,17)(H,15,18)(H,19,20)/p-1. The van der Waals surface area contributed by atoms with Gasteiger partial charge in [-0.3, -0.25) is 9.59 Å². The minimum atomic E-state index is -4.05. The van der Waals surface area contributed by atoms with Crippen LogP contribution in [0.2, 0.25) is 0 Å². The zero-order chi connectivity index (χ0) is 16.8. The summed E-state index contributed by atoms with van der Waals surface area (Å²) in [5, 5.41) is 11.1. The number of hydrogen-bond acceptors (Lipinski definition) is 6. The van der Waals surface area contributed by atoms with Crippen molar-refractivity contribution in [3.05, 3.63) is 38.9 Å². The van der Waals surface area contributed by atoms with Gasteiger partial charge >= 0.3 is 11.1 Å². The van der Waals surface area contributed by atoms with Crippen molar-refractivity contribution in [1.82, 2.24) is 14.3 Å². The number of aromatic amines is 2. The van der Waals surface area contributed by atoms with E-state index < -0.39 is 33.2 Å².